The molecule has 66 valence electrons. The molecule has 0 amide bonds. The Labute approximate surface area is 77.9 Å². The summed E-state index contributed by atoms with van der Waals surface area (Å²) in [6.07, 6.45) is 1.00. The Balaban J connectivity index is 2.95. The van der Waals surface area contributed by atoms with Gasteiger partial charge in [-0.05, 0) is 24.1 Å². The van der Waals surface area contributed by atoms with Crippen LogP contribution in [0.2, 0.25) is 5.02 Å². The Morgan fingerprint density at radius 2 is 2.17 bits per heavy atom. The van der Waals surface area contributed by atoms with E-state index < -0.39 is 0 Å². The highest BCUT2D eigenvalue weighted by Gasteiger charge is 1.99. The molecule has 0 aliphatic carbocycles. The van der Waals surface area contributed by atoms with E-state index in [-0.39, 0.29) is 0 Å². The summed E-state index contributed by atoms with van der Waals surface area (Å²) in [7, 11) is 1.83. The first-order valence-corrected chi connectivity index (χ1v) is 4.37. The van der Waals surface area contributed by atoms with Crippen LogP contribution in [0.4, 0.5) is 5.69 Å². The fourth-order valence-corrected chi connectivity index (χ4v) is 1.28. The van der Waals surface area contributed by atoms with E-state index in [0.717, 1.165) is 17.1 Å². The number of benzene rings is 1. The zero-order valence-corrected chi connectivity index (χ0v) is 8.07. The van der Waals surface area contributed by atoms with Crippen molar-refractivity contribution in [2.75, 3.05) is 12.5 Å². The fourth-order valence-electron chi connectivity index (χ4n) is 1.11. The van der Waals surface area contributed by atoms with Crippen LogP contribution in [-0.2, 0) is 6.42 Å². The summed E-state index contributed by atoms with van der Waals surface area (Å²) in [5.74, 6) is 0. The normalized spacial score (nSPS) is 9.92. The molecule has 0 bridgehead atoms. The molecule has 0 unspecified atom stereocenters. The summed E-state index contributed by atoms with van der Waals surface area (Å²) in [5.41, 5.74) is 8.22. The number of hydrazine groups is 1. The lowest BCUT2D eigenvalue weighted by Gasteiger charge is -2.09. The molecular formula is C9H13ClN2. The van der Waals surface area contributed by atoms with Crippen LogP contribution in [0.5, 0.6) is 0 Å². The summed E-state index contributed by atoms with van der Waals surface area (Å²) in [4.78, 5) is 0. The van der Waals surface area contributed by atoms with E-state index in [4.69, 9.17) is 11.6 Å². The largest absolute Gasteiger partial charge is 0.321 e. The topological polar surface area (TPSA) is 24.1 Å². The molecule has 2 N–H and O–H groups in total. The molecule has 3 heteroatoms. The van der Waals surface area contributed by atoms with Gasteiger partial charge in [0.05, 0.1) is 5.69 Å². The molecule has 1 aromatic rings. The van der Waals surface area contributed by atoms with Gasteiger partial charge in [-0.3, -0.25) is 0 Å². The van der Waals surface area contributed by atoms with Gasteiger partial charge in [-0.2, -0.15) is 0 Å². The van der Waals surface area contributed by atoms with Crippen molar-refractivity contribution in [3.05, 3.63) is 28.8 Å². The summed E-state index contributed by atoms with van der Waals surface area (Å²) in [6, 6.07) is 5.85. The van der Waals surface area contributed by atoms with Gasteiger partial charge in [-0.1, -0.05) is 24.6 Å². The molecule has 0 fully saturated rings. The van der Waals surface area contributed by atoms with Crippen molar-refractivity contribution >= 4 is 17.3 Å². The predicted molar refractivity (Wildman–Crippen MR) is 53.5 cm³/mol. The van der Waals surface area contributed by atoms with Gasteiger partial charge in [0.15, 0.2) is 0 Å². The highest BCUT2D eigenvalue weighted by molar-refractivity contribution is 6.30. The molecule has 0 saturated heterocycles. The second kappa shape index (κ2) is 4.33. The maximum Gasteiger partial charge on any atom is 0.0534 e. The first-order chi connectivity index (χ1) is 5.77. The Morgan fingerprint density at radius 1 is 1.42 bits per heavy atom. The van der Waals surface area contributed by atoms with Crippen LogP contribution in [0, 0.1) is 0 Å². The van der Waals surface area contributed by atoms with Gasteiger partial charge in [0.2, 0.25) is 0 Å². The number of hydrogen-bond donors (Lipinski definition) is 2. The molecule has 0 atom stereocenters. The third-order valence-electron chi connectivity index (χ3n) is 1.71. The molecule has 12 heavy (non-hydrogen) atoms. The molecule has 1 rings (SSSR count). The Kier molecular flexibility index (Phi) is 3.38. The van der Waals surface area contributed by atoms with Crippen molar-refractivity contribution in [3.8, 4) is 0 Å². The fraction of sp³-hybridized carbons (Fsp3) is 0.333. The third-order valence-corrected chi connectivity index (χ3v) is 1.95. The summed E-state index contributed by atoms with van der Waals surface area (Å²) in [5, 5.41) is 0.755. The summed E-state index contributed by atoms with van der Waals surface area (Å²) < 4.78 is 0. The molecule has 0 spiro atoms. The maximum atomic E-state index is 5.84. The molecular weight excluding hydrogens is 172 g/mol. The highest BCUT2D eigenvalue weighted by atomic mass is 35.5. The van der Waals surface area contributed by atoms with Crippen LogP contribution in [-0.4, -0.2) is 7.05 Å². The van der Waals surface area contributed by atoms with E-state index >= 15 is 0 Å². The number of anilines is 1. The van der Waals surface area contributed by atoms with Gasteiger partial charge in [0, 0.05) is 12.1 Å². The monoisotopic (exact) mass is 184 g/mol. The average Bonchev–Trinajstić information content (AvgIpc) is 2.05. The van der Waals surface area contributed by atoms with Crippen molar-refractivity contribution in [1.82, 2.24) is 5.43 Å². The van der Waals surface area contributed by atoms with E-state index in [1.54, 1.807) is 0 Å². The van der Waals surface area contributed by atoms with E-state index in [2.05, 4.69) is 17.8 Å². The molecule has 0 radical (unpaired) electrons. The van der Waals surface area contributed by atoms with Gasteiger partial charge >= 0.3 is 0 Å². The molecule has 1 aromatic carbocycles. The SMILES string of the molecule is CCc1ccc(Cl)cc1NNC. The highest BCUT2D eigenvalue weighted by Crippen LogP contribution is 2.20. The van der Waals surface area contributed by atoms with Crippen LogP contribution >= 0.6 is 11.6 Å². The van der Waals surface area contributed by atoms with Gasteiger partial charge in [-0.15, -0.1) is 0 Å². The molecule has 0 aliphatic heterocycles. The average molecular weight is 185 g/mol. The van der Waals surface area contributed by atoms with Crippen molar-refractivity contribution in [1.29, 1.82) is 0 Å². The lowest BCUT2D eigenvalue weighted by molar-refractivity contribution is 0.971. The number of rotatable bonds is 3. The Bertz CT molecular complexity index is 261. The first kappa shape index (κ1) is 9.36. The minimum atomic E-state index is 0.755. The quantitative estimate of drug-likeness (QED) is 0.706. The van der Waals surface area contributed by atoms with Crippen molar-refractivity contribution in [2.45, 2.75) is 13.3 Å². The van der Waals surface area contributed by atoms with Gasteiger partial charge < -0.3 is 5.43 Å². The predicted octanol–water partition coefficient (Wildman–Crippen LogP) is 2.45. The van der Waals surface area contributed by atoms with Crippen molar-refractivity contribution < 1.29 is 0 Å². The summed E-state index contributed by atoms with van der Waals surface area (Å²) in [6.45, 7) is 2.12. The number of aryl methyl sites for hydroxylation is 1. The van der Waals surface area contributed by atoms with Gasteiger partial charge in [0.25, 0.3) is 0 Å². The van der Waals surface area contributed by atoms with E-state index in [1.165, 1.54) is 5.56 Å². The van der Waals surface area contributed by atoms with Crippen LogP contribution in [0.25, 0.3) is 0 Å². The van der Waals surface area contributed by atoms with E-state index in [9.17, 15) is 0 Å². The van der Waals surface area contributed by atoms with Crippen molar-refractivity contribution in [3.63, 3.8) is 0 Å². The van der Waals surface area contributed by atoms with E-state index in [0.29, 0.717) is 0 Å². The van der Waals surface area contributed by atoms with Crippen molar-refractivity contribution in [2.24, 2.45) is 0 Å². The lowest BCUT2D eigenvalue weighted by atomic mass is 10.1. The smallest absolute Gasteiger partial charge is 0.0534 e. The minimum Gasteiger partial charge on any atom is -0.321 e. The molecule has 2 nitrogen and oxygen atoms in total. The number of hydrogen-bond acceptors (Lipinski definition) is 2. The zero-order chi connectivity index (χ0) is 8.97. The maximum absolute atomic E-state index is 5.84. The van der Waals surface area contributed by atoms with Crippen LogP contribution in [0.1, 0.15) is 12.5 Å². The molecule has 0 aromatic heterocycles. The first-order valence-electron chi connectivity index (χ1n) is 3.99. The second-order valence-corrected chi connectivity index (χ2v) is 2.97. The Morgan fingerprint density at radius 3 is 2.75 bits per heavy atom. The molecule has 0 aliphatic rings. The minimum absolute atomic E-state index is 0.755. The number of halogens is 1. The molecule has 0 heterocycles. The zero-order valence-electron chi connectivity index (χ0n) is 7.32. The van der Waals surface area contributed by atoms with E-state index in [1.807, 2.05) is 25.2 Å². The second-order valence-electron chi connectivity index (χ2n) is 2.53. The van der Waals surface area contributed by atoms with Crippen LogP contribution in [0.3, 0.4) is 0 Å². The summed E-state index contributed by atoms with van der Waals surface area (Å²) >= 11 is 5.84. The third kappa shape index (κ3) is 2.13. The Hall–Kier alpha value is -0.730. The van der Waals surface area contributed by atoms with Crippen LogP contribution in [0.15, 0.2) is 18.2 Å². The number of nitrogens with one attached hydrogen (secondary N) is 2. The standard InChI is InChI=1S/C9H13ClN2/c1-3-7-4-5-8(10)6-9(7)12-11-2/h4-6,11-12H,3H2,1-2H3. The van der Waals surface area contributed by atoms with Crippen LogP contribution < -0.4 is 10.9 Å². The molecule has 0 saturated carbocycles. The van der Waals surface area contributed by atoms with Gasteiger partial charge in [0.1, 0.15) is 0 Å². The lowest BCUT2D eigenvalue weighted by Crippen LogP contribution is -2.16. The van der Waals surface area contributed by atoms with Gasteiger partial charge in [-0.25, -0.2) is 5.43 Å².